The third-order valence-corrected chi connectivity index (χ3v) is 4.20. The second-order valence-electron chi connectivity index (χ2n) is 3.40. The minimum Gasteiger partial charge on any atom is -0.398 e. The van der Waals surface area contributed by atoms with E-state index in [1.54, 1.807) is 23.5 Å². The van der Waals surface area contributed by atoms with Gasteiger partial charge in [-0.2, -0.15) is 0 Å². The predicted molar refractivity (Wildman–Crippen MR) is 77.5 cm³/mol. The number of hydrogen-bond donors (Lipinski definition) is 2. The van der Waals surface area contributed by atoms with Crippen LogP contribution in [0, 0.1) is 0 Å². The number of halogens is 3. The highest BCUT2D eigenvalue weighted by Gasteiger charge is 2.07. The van der Waals surface area contributed by atoms with E-state index in [9.17, 15) is 0 Å². The van der Waals surface area contributed by atoms with Crippen molar-refractivity contribution in [3.63, 3.8) is 0 Å². The Morgan fingerprint density at radius 2 is 1.82 bits per heavy atom. The lowest BCUT2D eigenvalue weighted by Crippen LogP contribution is -2.00. The Morgan fingerprint density at radius 1 is 1.12 bits per heavy atom. The van der Waals surface area contributed by atoms with Gasteiger partial charge in [-0.15, -0.1) is 11.3 Å². The lowest BCUT2D eigenvalue weighted by Gasteiger charge is -2.09. The van der Waals surface area contributed by atoms with E-state index in [4.69, 9.17) is 40.5 Å². The zero-order valence-electron chi connectivity index (χ0n) is 8.64. The molecule has 0 aliphatic carbocycles. The van der Waals surface area contributed by atoms with Crippen LogP contribution < -0.4 is 11.1 Å². The lowest BCUT2D eigenvalue weighted by atomic mass is 10.3. The van der Waals surface area contributed by atoms with Gasteiger partial charge in [0.15, 0.2) is 0 Å². The van der Waals surface area contributed by atoms with E-state index in [1.165, 1.54) is 0 Å². The molecule has 0 aliphatic heterocycles. The molecule has 0 atom stereocenters. The highest BCUT2D eigenvalue weighted by atomic mass is 35.5. The Kier molecular flexibility index (Phi) is 4.05. The molecule has 1 aromatic carbocycles. The fraction of sp³-hybridized carbons (Fsp3) is 0.0909. The van der Waals surface area contributed by atoms with Crippen LogP contribution in [0.5, 0.6) is 0 Å². The molecule has 0 fully saturated rings. The number of anilines is 2. The van der Waals surface area contributed by atoms with Gasteiger partial charge in [0.25, 0.3) is 0 Å². The van der Waals surface area contributed by atoms with Gasteiger partial charge in [-0.1, -0.05) is 34.8 Å². The minimum atomic E-state index is 0.442. The maximum atomic E-state index is 6.05. The molecule has 0 saturated heterocycles. The zero-order chi connectivity index (χ0) is 12.4. The first-order valence-electron chi connectivity index (χ1n) is 4.78. The first kappa shape index (κ1) is 12.8. The molecular weight excluding hydrogens is 299 g/mol. The normalized spacial score (nSPS) is 10.5. The highest BCUT2D eigenvalue weighted by molar-refractivity contribution is 7.10. The fourth-order valence-corrected chi connectivity index (χ4v) is 2.68. The monoisotopic (exact) mass is 306 g/mol. The van der Waals surface area contributed by atoms with Crippen molar-refractivity contribution in [2.75, 3.05) is 11.1 Å². The zero-order valence-corrected chi connectivity index (χ0v) is 11.7. The Labute approximate surface area is 118 Å². The molecule has 0 amide bonds. The molecule has 0 bridgehead atoms. The van der Waals surface area contributed by atoms with Crippen LogP contribution in [-0.2, 0) is 6.54 Å². The molecule has 2 nitrogen and oxygen atoms in total. The van der Waals surface area contributed by atoms with Gasteiger partial charge in [0.1, 0.15) is 0 Å². The number of nitrogen functional groups attached to an aromatic ring is 1. The summed E-state index contributed by atoms with van der Waals surface area (Å²) in [6, 6.07) is 5.19. The van der Waals surface area contributed by atoms with Crippen LogP contribution in [0.2, 0.25) is 15.1 Å². The quantitative estimate of drug-likeness (QED) is 0.791. The van der Waals surface area contributed by atoms with Crippen molar-refractivity contribution >= 4 is 57.5 Å². The molecule has 2 aromatic rings. The molecule has 17 heavy (non-hydrogen) atoms. The molecule has 1 heterocycles. The highest BCUT2D eigenvalue weighted by Crippen LogP contribution is 2.33. The van der Waals surface area contributed by atoms with E-state index in [0.717, 1.165) is 16.3 Å². The summed E-state index contributed by atoms with van der Waals surface area (Å²) in [5.74, 6) is 0. The van der Waals surface area contributed by atoms with Crippen molar-refractivity contribution < 1.29 is 0 Å². The Hall–Kier alpha value is -0.610. The fourth-order valence-electron chi connectivity index (χ4n) is 1.33. The first-order valence-corrected chi connectivity index (χ1v) is 6.79. The van der Waals surface area contributed by atoms with Crippen LogP contribution >= 0.6 is 46.1 Å². The van der Waals surface area contributed by atoms with Crippen LogP contribution in [0.4, 0.5) is 11.4 Å². The SMILES string of the molecule is Nc1ccsc1CNc1cc(Cl)c(Cl)cc1Cl. The average molecular weight is 308 g/mol. The number of benzene rings is 1. The Bertz CT molecular complexity index is 540. The van der Waals surface area contributed by atoms with E-state index in [-0.39, 0.29) is 0 Å². The molecule has 1 aromatic heterocycles. The smallest absolute Gasteiger partial charge is 0.0653 e. The maximum Gasteiger partial charge on any atom is 0.0653 e. The van der Waals surface area contributed by atoms with Gasteiger partial charge in [-0.3, -0.25) is 0 Å². The van der Waals surface area contributed by atoms with Gasteiger partial charge >= 0.3 is 0 Å². The Morgan fingerprint density at radius 3 is 2.47 bits per heavy atom. The van der Waals surface area contributed by atoms with E-state index >= 15 is 0 Å². The number of rotatable bonds is 3. The molecule has 0 aliphatic rings. The minimum absolute atomic E-state index is 0.442. The second kappa shape index (κ2) is 5.36. The summed E-state index contributed by atoms with van der Waals surface area (Å²) in [4.78, 5) is 1.06. The van der Waals surface area contributed by atoms with Gasteiger partial charge < -0.3 is 11.1 Å². The van der Waals surface area contributed by atoms with Gasteiger partial charge in [-0.25, -0.2) is 0 Å². The molecule has 0 spiro atoms. The third-order valence-electron chi connectivity index (χ3n) is 2.23. The van der Waals surface area contributed by atoms with Crippen molar-refractivity contribution in [3.8, 4) is 0 Å². The maximum absolute atomic E-state index is 6.05. The average Bonchev–Trinajstić information content (AvgIpc) is 2.68. The first-order chi connectivity index (χ1) is 8.08. The summed E-state index contributed by atoms with van der Waals surface area (Å²) in [5.41, 5.74) is 7.31. The van der Waals surface area contributed by atoms with Crippen molar-refractivity contribution in [2.24, 2.45) is 0 Å². The molecule has 0 radical (unpaired) electrons. The van der Waals surface area contributed by atoms with Crippen molar-refractivity contribution in [1.29, 1.82) is 0 Å². The molecule has 0 unspecified atom stereocenters. The second-order valence-corrected chi connectivity index (χ2v) is 5.62. The number of thiophene rings is 1. The Balaban J connectivity index is 2.14. The van der Waals surface area contributed by atoms with E-state index < -0.39 is 0 Å². The molecular formula is C11H9Cl3N2S. The van der Waals surface area contributed by atoms with Crippen LogP contribution in [0.3, 0.4) is 0 Å². The van der Waals surface area contributed by atoms with Crippen LogP contribution in [-0.4, -0.2) is 0 Å². The van der Waals surface area contributed by atoms with Gasteiger partial charge in [0.2, 0.25) is 0 Å². The molecule has 90 valence electrons. The van der Waals surface area contributed by atoms with E-state index in [1.807, 2.05) is 11.4 Å². The summed E-state index contributed by atoms with van der Waals surface area (Å²) in [6.45, 7) is 0.612. The van der Waals surface area contributed by atoms with Gasteiger partial charge in [0, 0.05) is 10.6 Å². The number of hydrogen-bond acceptors (Lipinski definition) is 3. The molecule has 6 heteroatoms. The topological polar surface area (TPSA) is 38.0 Å². The van der Waals surface area contributed by atoms with E-state index in [0.29, 0.717) is 21.6 Å². The van der Waals surface area contributed by atoms with Gasteiger partial charge in [0.05, 0.1) is 27.3 Å². The molecule has 2 rings (SSSR count). The largest absolute Gasteiger partial charge is 0.398 e. The summed E-state index contributed by atoms with van der Waals surface area (Å²) >= 11 is 19.4. The number of nitrogens with one attached hydrogen (secondary N) is 1. The van der Waals surface area contributed by atoms with Crippen molar-refractivity contribution in [1.82, 2.24) is 0 Å². The summed E-state index contributed by atoms with van der Waals surface area (Å²) in [7, 11) is 0. The van der Waals surface area contributed by atoms with Gasteiger partial charge in [-0.05, 0) is 23.6 Å². The summed E-state index contributed by atoms with van der Waals surface area (Å²) in [5, 5.41) is 6.58. The van der Waals surface area contributed by atoms with Crippen LogP contribution in [0.25, 0.3) is 0 Å². The van der Waals surface area contributed by atoms with Crippen LogP contribution in [0.15, 0.2) is 23.6 Å². The van der Waals surface area contributed by atoms with Crippen molar-refractivity contribution in [3.05, 3.63) is 43.5 Å². The van der Waals surface area contributed by atoms with Crippen LogP contribution in [0.1, 0.15) is 4.88 Å². The van der Waals surface area contributed by atoms with E-state index in [2.05, 4.69) is 5.32 Å². The molecule has 0 saturated carbocycles. The predicted octanol–water partition coefficient (Wildman–Crippen LogP) is 4.90. The summed E-state index contributed by atoms with van der Waals surface area (Å²) in [6.07, 6.45) is 0. The standard InChI is InChI=1S/C11H9Cl3N2S/c12-6-3-8(14)10(4-7(6)13)16-5-11-9(15)1-2-17-11/h1-4,16H,5,15H2. The molecule has 3 N–H and O–H groups in total. The summed E-state index contributed by atoms with van der Waals surface area (Å²) < 4.78 is 0. The lowest BCUT2D eigenvalue weighted by molar-refractivity contribution is 1.20. The third kappa shape index (κ3) is 2.99. The van der Waals surface area contributed by atoms with Crippen molar-refractivity contribution in [2.45, 2.75) is 6.54 Å². The number of nitrogens with two attached hydrogens (primary N) is 1.